The van der Waals surface area contributed by atoms with Gasteiger partial charge in [-0.2, -0.15) is 13.2 Å². The second-order valence-corrected chi connectivity index (χ2v) is 9.87. The Bertz CT molecular complexity index is 1370. The Hall–Kier alpha value is -3.68. The van der Waals surface area contributed by atoms with Crippen LogP contribution >= 0.6 is 0 Å². The maximum absolute atomic E-state index is 13.9. The molecule has 4 nitrogen and oxygen atoms in total. The third-order valence-corrected chi connectivity index (χ3v) is 6.11. The molecule has 2 aromatic carbocycles. The first kappa shape index (κ1) is 25.4. The summed E-state index contributed by atoms with van der Waals surface area (Å²) in [7, 11) is 0. The van der Waals surface area contributed by atoms with Crippen molar-refractivity contribution in [3.05, 3.63) is 101 Å². The predicted octanol–water partition coefficient (Wildman–Crippen LogP) is 6.90. The molecule has 0 unspecified atom stereocenters. The molecule has 0 atom stereocenters. The fraction of sp³-hybridized carbons (Fsp3) is 0.286. The molecule has 0 fully saturated rings. The van der Waals surface area contributed by atoms with Gasteiger partial charge in [0.2, 0.25) is 0 Å². The largest absolute Gasteiger partial charge is 0.416 e. The topological polar surface area (TPSA) is 49.0 Å². The quantitative estimate of drug-likeness (QED) is 0.295. The molecule has 0 saturated heterocycles. The third-order valence-electron chi connectivity index (χ3n) is 6.11. The van der Waals surface area contributed by atoms with Gasteiger partial charge in [-0.15, -0.1) is 0 Å². The highest BCUT2D eigenvalue weighted by Crippen LogP contribution is 2.31. The average molecular weight is 498 g/mol. The lowest BCUT2D eigenvalue weighted by atomic mass is 9.87. The predicted molar refractivity (Wildman–Crippen MR) is 131 cm³/mol. The highest BCUT2D eigenvalue weighted by molar-refractivity contribution is 6.03. The Morgan fingerprint density at radius 2 is 1.67 bits per heavy atom. The first-order chi connectivity index (χ1) is 16.9. The van der Waals surface area contributed by atoms with Crippen LogP contribution in [0.1, 0.15) is 53.5 Å². The highest BCUT2D eigenvalue weighted by Gasteiger charge is 2.31. The summed E-state index contributed by atoms with van der Waals surface area (Å²) in [6.07, 6.45) is -1.35. The molecule has 0 aliphatic heterocycles. The van der Waals surface area contributed by atoms with E-state index in [0.29, 0.717) is 11.6 Å². The number of aromatic nitrogens is 2. The molecule has 8 heteroatoms. The summed E-state index contributed by atoms with van der Waals surface area (Å²) >= 11 is 0. The van der Waals surface area contributed by atoms with Gasteiger partial charge in [-0.25, -0.2) is 9.37 Å². The van der Waals surface area contributed by atoms with E-state index in [4.69, 9.17) is 0 Å². The Kier molecular flexibility index (Phi) is 6.89. The van der Waals surface area contributed by atoms with Gasteiger partial charge in [0.1, 0.15) is 5.82 Å². The monoisotopic (exact) mass is 497 g/mol. The van der Waals surface area contributed by atoms with E-state index in [1.54, 1.807) is 18.5 Å². The van der Waals surface area contributed by atoms with Gasteiger partial charge in [-0.3, -0.25) is 4.79 Å². The number of H-pyrrole nitrogens is 1. The number of carbonyl (C=O) groups excluding carboxylic acids is 1. The van der Waals surface area contributed by atoms with E-state index >= 15 is 0 Å². The van der Waals surface area contributed by atoms with Crippen molar-refractivity contribution in [2.24, 2.45) is 0 Å². The number of amides is 1. The van der Waals surface area contributed by atoms with E-state index in [1.807, 2.05) is 30.3 Å². The van der Waals surface area contributed by atoms with Gasteiger partial charge in [-0.05, 0) is 58.9 Å². The Morgan fingerprint density at radius 1 is 0.944 bits per heavy atom. The standard InChI is InChI=1S/C28H27F4N3O/c1-27(2,3)21-6-4-18(5-7-21)17-35(26(36)25-24-20(8-11-33-24)9-12-34-25)13-10-19-14-22(28(30,31)32)16-23(29)15-19/h4-9,11-12,14-16,33H,10,13,17H2,1-3H3. The van der Waals surface area contributed by atoms with Crippen molar-refractivity contribution in [1.82, 2.24) is 14.9 Å². The maximum Gasteiger partial charge on any atom is 0.416 e. The highest BCUT2D eigenvalue weighted by atomic mass is 19.4. The van der Waals surface area contributed by atoms with Gasteiger partial charge in [0.25, 0.3) is 5.91 Å². The van der Waals surface area contributed by atoms with Crippen molar-refractivity contribution in [2.75, 3.05) is 6.54 Å². The van der Waals surface area contributed by atoms with Crippen LogP contribution in [0.3, 0.4) is 0 Å². The van der Waals surface area contributed by atoms with Crippen LogP contribution in [0.15, 0.2) is 67.0 Å². The van der Waals surface area contributed by atoms with Gasteiger partial charge in [0.15, 0.2) is 5.69 Å². The van der Waals surface area contributed by atoms with Gasteiger partial charge in [-0.1, -0.05) is 45.0 Å². The molecule has 4 rings (SSSR count). The SMILES string of the molecule is CC(C)(C)c1ccc(CN(CCc2cc(F)cc(C(F)(F)F)c2)C(=O)c2nccc3cc[nH]c23)cc1. The van der Waals surface area contributed by atoms with Crippen LogP contribution in [0.2, 0.25) is 0 Å². The lowest BCUT2D eigenvalue weighted by molar-refractivity contribution is -0.137. The molecule has 0 saturated carbocycles. The van der Waals surface area contributed by atoms with E-state index in [-0.39, 0.29) is 42.1 Å². The number of alkyl halides is 3. The molecule has 0 aliphatic carbocycles. The molecular weight excluding hydrogens is 470 g/mol. The lowest BCUT2D eigenvalue weighted by Gasteiger charge is -2.24. The molecule has 0 spiro atoms. The van der Waals surface area contributed by atoms with Crippen LogP contribution in [-0.4, -0.2) is 27.3 Å². The van der Waals surface area contributed by atoms with Crippen molar-refractivity contribution >= 4 is 16.8 Å². The molecule has 0 bridgehead atoms. The number of hydrogen-bond donors (Lipinski definition) is 1. The van der Waals surface area contributed by atoms with Crippen molar-refractivity contribution in [1.29, 1.82) is 0 Å². The summed E-state index contributed by atoms with van der Waals surface area (Å²) in [5.41, 5.74) is 1.89. The summed E-state index contributed by atoms with van der Waals surface area (Å²) in [4.78, 5) is 22.4. The number of hydrogen-bond acceptors (Lipinski definition) is 2. The second kappa shape index (κ2) is 9.76. The average Bonchev–Trinajstić information content (AvgIpc) is 3.29. The zero-order valence-corrected chi connectivity index (χ0v) is 20.3. The zero-order chi connectivity index (χ0) is 26.1. The third kappa shape index (κ3) is 5.75. The second-order valence-electron chi connectivity index (χ2n) is 9.87. The minimum absolute atomic E-state index is 0.0329. The number of nitrogens with one attached hydrogen (secondary N) is 1. The molecule has 36 heavy (non-hydrogen) atoms. The van der Waals surface area contributed by atoms with E-state index in [1.165, 1.54) is 4.90 Å². The molecule has 4 aromatic rings. The van der Waals surface area contributed by atoms with E-state index in [0.717, 1.165) is 28.6 Å². The smallest absolute Gasteiger partial charge is 0.359 e. The van der Waals surface area contributed by atoms with Crippen LogP contribution < -0.4 is 0 Å². The molecule has 2 aromatic heterocycles. The Labute approximate surface area is 207 Å². The summed E-state index contributed by atoms with van der Waals surface area (Å²) in [5, 5.41) is 0.822. The first-order valence-corrected chi connectivity index (χ1v) is 11.6. The summed E-state index contributed by atoms with van der Waals surface area (Å²) < 4.78 is 53.5. The Balaban J connectivity index is 1.63. The summed E-state index contributed by atoms with van der Waals surface area (Å²) in [6.45, 7) is 6.63. The fourth-order valence-electron chi connectivity index (χ4n) is 4.10. The molecule has 188 valence electrons. The van der Waals surface area contributed by atoms with Crippen molar-refractivity contribution in [2.45, 2.75) is 45.3 Å². The van der Waals surface area contributed by atoms with Gasteiger partial charge in [0, 0.05) is 30.9 Å². The van der Waals surface area contributed by atoms with Crippen LogP contribution in [0.5, 0.6) is 0 Å². The molecule has 2 heterocycles. The number of rotatable bonds is 6. The van der Waals surface area contributed by atoms with Crippen molar-refractivity contribution < 1.29 is 22.4 Å². The van der Waals surface area contributed by atoms with Gasteiger partial charge in [0.05, 0.1) is 11.1 Å². The number of carbonyl (C=O) groups is 1. The molecule has 1 amide bonds. The summed E-state index contributed by atoms with van der Waals surface area (Å²) in [6, 6.07) is 14.0. The van der Waals surface area contributed by atoms with Gasteiger partial charge < -0.3 is 9.88 Å². The van der Waals surface area contributed by atoms with E-state index in [2.05, 4.69) is 30.7 Å². The van der Waals surface area contributed by atoms with Crippen LogP contribution in [0.4, 0.5) is 17.6 Å². The first-order valence-electron chi connectivity index (χ1n) is 11.6. The van der Waals surface area contributed by atoms with Crippen LogP contribution in [0, 0.1) is 5.82 Å². The molecule has 1 N–H and O–H groups in total. The zero-order valence-electron chi connectivity index (χ0n) is 20.3. The molecule has 0 aliphatic rings. The summed E-state index contributed by atoms with van der Waals surface area (Å²) in [5.74, 6) is -1.33. The Morgan fingerprint density at radius 3 is 2.33 bits per heavy atom. The molecule has 0 radical (unpaired) electrons. The van der Waals surface area contributed by atoms with E-state index in [9.17, 15) is 22.4 Å². The number of aromatic amines is 1. The minimum atomic E-state index is -4.66. The van der Waals surface area contributed by atoms with Crippen LogP contribution in [0.25, 0.3) is 10.9 Å². The van der Waals surface area contributed by atoms with Crippen molar-refractivity contribution in [3.8, 4) is 0 Å². The van der Waals surface area contributed by atoms with Crippen molar-refractivity contribution in [3.63, 3.8) is 0 Å². The van der Waals surface area contributed by atoms with E-state index < -0.39 is 17.6 Å². The number of nitrogens with zero attached hydrogens (tertiary/aromatic N) is 2. The normalized spacial score (nSPS) is 12.2. The fourth-order valence-corrected chi connectivity index (χ4v) is 4.10. The number of halogens is 4. The maximum atomic E-state index is 13.9. The number of fused-ring (bicyclic) bond motifs is 1. The van der Waals surface area contributed by atoms with Crippen LogP contribution in [-0.2, 0) is 24.6 Å². The number of benzene rings is 2. The molecular formula is C28H27F4N3O. The number of pyridine rings is 1. The lowest BCUT2D eigenvalue weighted by Crippen LogP contribution is -2.33. The van der Waals surface area contributed by atoms with Gasteiger partial charge >= 0.3 is 6.18 Å². The minimum Gasteiger partial charge on any atom is -0.359 e.